The van der Waals surface area contributed by atoms with E-state index in [0.717, 1.165) is 58.8 Å². The number of piperidine rings is 1. The average molecular weight is 386 g/mol. The highest BCUT2D eigenvalue weighted by Gasteiger charge is 2.13. The standard InChI is InChI=1S/C24H27N5/c1-17-12-19(16-28-24(17)14-25)22-13-23(20-8-2-3-9-21(20)29-22)27-11-5-7-18-6-4-10-26-15-18/h2-3,8-9,12-13,16,18,26H,4-7,10-11,15H2,1H3,(H,27,29). The lowest BCUT2D eigenvalue weighted by Gasteiger charge is -2.22. The number of nitrogens with zero attached hydrogens (tertiary/aromatic N) is 3. The van der Waals surface area contributed by atoms with Gasteiger partial charge in [0.1, 0.15) is 11.8 Å². The van der Waals surface area contributed by atoms with E-state index >= 15 is 0 Å². The number of rotatable bonds is 6. The number of benzene rings is 1. The molecule has 1 atom stereocenters. The highest BCUT2D eigenvalue weighted by atomic mass is 14.9. The highest BCUT2D eigenvalue weighted by Crippen LogP contribution is 2.29. The second-order valence-corrected chi connectivity index (χ2v) is 7.85. The summed E-state index contributed by atoms with van der Waals surface area (Å²) in [5.74, 6) is 0.808. The SMILES string of the molecule is Cc1cc(-c2cc(NCCCC3CCCNC3)c3ccccc3n2)cnc1C#N. The molecule has 5 heteroatoms. The molecule has 2 N–H and O–H groups in total. The van der Waals surface area contributed by atoms with E-state index in [4.69, 9.17) is 10.2 Å². The quantitative estimate of drug-likeness (QED) is 0.603. The molecule has 3 aromatic rings. The lowest BCUT2D eigenvalue weighted by Crippen LogP contribution is -2.29. The summed E-state index contributed by atoms with van der Waals surface area (Å²) >= 11 is 0. The van der Waals surface area contributed by atoms with E-state index in [1.165, 1.54) is 25.8 Å². The molecule has 0 saturated carbocycles. The summed E-state index contributed by atoms with van der Waals surface area (Å²) < 4.78 is 0. The van der Waals surface area contributed by atoms with Gasteiger partial charge in [-0.3, -0.25) is 0 Å². The molecule has 0 amide bonds. The van der Waals surface area contributed by atoms with Crippen molar-refractivity contribution in [3.63, 3.8) is 0 Å². The Hall–Kier alpha value is -2.97. The Morgan fingerprint density at radius 1 is 1.28 bits per heavy atom. The first-order chi connectivity index (χ1) is 14.2. The highest BCUT2D eigenvalue weighted by molar-refractivity contribution is 5.93. The van der Waals surface area contributed by atoms with E-state index in [1.807, 2.05) is 25.1 Å². The minimum atomic E-state index is 0.463. The van der Waals surface area contributed by atoms with Crippen LogP contribution in [0.3, 0.4) is 0 Å². The maximum Gasteiger partial charge on any atom is 0.143 e. The predicted octanol–water partition coefficient (Wildman–Crippen LogP) is 4.67. The topological polar surface area (TPSA) is 73.6 Å². The largest absolute Gasteiger partial charge is 0.384 e. The maximum absolute atomic E-state index is 9.14. The van der Waals surface area contributed by atoms with Crippen LogP contribution in [0.1, 0.15) is 36.9 Å². The first-order valence-corrected chi connectivity index (χ1v) is 10.5. The molecule has 0 spiro atoms. The zero-order chi connectivity index (χ0) is 20.1. The van der Waals surface area contributed by atoms with Gasteiger partial charge in [0.05, 0.1) is 11.2 Å². The van der Waals surface area contributed by atoms with E-state index in [2.05, 4.69) is 39.9 Å². The summed E-state index contributed by atoms with van der Waals surface area (Å²) in [5, 5.41) is 17.4. The van der Waals surface area contributed by atoms with Gasteiger partial charge in [-0.15, -0.1) is 0 Å². The van der Waals surface area contributed by atoms with Gasteiger partial charge in [0.2, 0.25) is 0 Å². The van der Waals surface area contributed by atoms with Crippen LogP contribution in [-0.4, -0.2) is 29.6 Å². The van der Waals surface area contributed by atoms with Gasteiger partial charge >= 0.3 is 0 Å². The van der Waals surface area contributed by atoms with Gasteiger partial charge in [-0.25, -0.2) is 9.97 Å². The molecule has 0 radical (unpaired) electrons. The third-order valence-corrected chi connectivity index (χ3v) is 5.70. The molecule has 4 rings (SSSR count). The maximum atomic E-state index is 9.14. The number of aryl methyl sites for hydroxylation is 1. The number of fused-ring (bicyclic) bond motifs is 1. The van der Waals surface area contributed by atoms with Gasteiger partial charge in [0.15, 0.2) is 0 Å². The molecule has 29 heavy (non-hydrogen) atoms. The van der Waals surface area contributed by atoms with Crippen molar-refractivity contribution in [1.82, 2.24) is 15.3 Å². The molecule has 1 saturated heterocycles. The Labute approximate surface area is 172 Å². The summed E-state index contributed by atoms with van der Waals surface area (Å²) in [7, 11) is 0. The Balaban J connectivity index is 1.54. The number of aromatic nitrogens is 2. The van der Waals surface area contributed by atoms with Crippen LogP contribution in [0, 0.1) is 24.2 Å². The Morgan fingerprint density at radius 3 is 2.97 bits per heavy atom. The zero-order valence-corrected chi connectivity index (χ0v) is 16.9. The molecule has 1 unspecified atom stereocenters. The fourth-order valence-electron chi connectivity index (χ4n) is 4.09. The van der Waals surface area contributed by atoms with Crippen molar-refractivity contribution in [3.8, 4) is 17.3 Å². The molecule has 148 valence electrons. The Kier molecular flexibility index (Phi) is 6.02. The Morgan fingerprint density at radius 2 is 2.17 bits per heavy atom. The van der Waals surface area contributed by atoms with Crippen molar-refractivity contribution in [3.05, 3.63) is 53.9 Å². The summed E-state index contributed by atoms with van der Waals surface area (Å²) in [4.78, 5) is 9.12. The van der Waals surface area contributed by atoms with Crippen LogP contribution in [-0.2, 0) is 0 Å². The monoisotopic (exact) mass is 385 g/mol. The number of para-hydroxylation sites is 1. The summed E-state index contributed by atoms with van der Waals surface area (Å²) in [6.07, 6.45) is 6.81. The Bertz CT molecular complexity index is 1030. The average Bonchev–Trinajstić information content (AvgIpc) is 2.77. The van der Waals surface area contributed by atoms with Crippen molar-refractivity contribution < 1.29 is 0 Å². The smallest absolute Gasteiger partial charge is 0.143 e. The second-order valence-electron chi connectivity index (χ2n) is 7.85. The van der Waals surface area contributed by atoms with Crippen LogP contribution in [0.25, 0.3) is 22.2 Å². The van der Waals surface area contributed by atoms with E-state index in [-0.39, 0.29) is 0 Å². The third kappa shape index (κ3) is 4.55. The van der Waals surface area contributed by atoms with E-state index in [9.17, 15) is 0 Å². The molecular weight excluding hydrogens is 358 g/mol. The van der Waals surface area contributed by atoms with Crippen LogP contribution >= 0.6 is 0 Å². The van der Waals surface area contributed by atoms with Crippen LogP contribution in [0.5, 0.6) is 0 Å². The van der Waals surface area contributed by atoms with Crippen molar-refractivity contribution in [2.75, 3.05) is 25.0 Å². The van der Waals surface area contributed by atoms with Gasteiger partial charge in [-0.05, 0) is 75.4 Å². The first-order valence-electron chi connectivity index (χ1n) is 10.5. The van der Waals surface area contributed by atoms with Gasteiger partial charge in [-0.1, -0.05) is 18.2 Å². The van der Waals surface area contributed by atoms with E-state index in [1.54, 1.807) is 6.20 Å². The van der Waals surface area contributed by atoms with Gasteiger partial charge in [0, 0.05) is 29.4 Å². The molecule has 2 aromatic heterocycles. The summed E-state index contributed by atoms with van der Waals surface area (Å²) in [6.45, 7) is 5.20. The zero-order valence-electron chi connectivity index (χ0n) is 16.9. The molecular formula is C24H27N5. The summed E-state index contributed by atoms with van der Waals surface area (Å²) in [6, 6.07) is 14.4. The van der Waals surface area contributed by atoms with Crippen molar-refractivity contribution in [1.29, 1.82) is 5.26 Å². The van der Waals surface area contributed by atoms with E-state index in [0.29, 0.717) is 5.69 Å². The molecule has 1 fully saturated rings. The number of anilines is 1. The molecule has 0 bridgehead atoms. The van der Waals surface area contributed by atoms with Crippen molar-refractivity contribution >= 4 is 16.6 Å². The first kappa shape index (κ1) is 19.4. The normalized spacial score (nSPS) is 16.5. The molecule has 1 aliphatic rings. The van der Waals surface area contributed by atoms with Crippen LogP contribution in [0.15, 0.2) is 42.6 Å². The number of hydrogen-bond donors (Lipinski definition) is 2. The van der Waals surface area contributed by atoms with Crippen LogP contribution < -0.4 is 10.6 Å². The number of nitriles is 1. The van der Waals surface area contributed by atoms with Crippen molar-refractivity contribution in [2.24, 2.45) is 5.92 Å². The molecule has 3 heterocycles. The fraction of sp³-hybridized carbons (Fsp3) is 0.375. The third-order valence-electron chi connectivity index (χ3n) is 5.70. The minimum Gasteiger partial charge on any atom is -0.384 e. The predicted molar refractivity (Wildman–Crippen MR) is 118 cm³/mol. The minimum absolute atomic E-state index is 0.463. The number of nitrogens with one attached hydrogen (secondary N) is 2. The molecule has 1 aromatic carbocycles. The number of hydrogen-bond acceptors (Lipinski definition) is 5. The molecule has 0 aliphatic carbocycles. The second kappa shape index (κ2) is 9.02. The fourth-order valence-corrected chi connectivity index (χ4v) is 4.09. The van der Waals surface area contributed by atoms with Gasteiger partial charge in [0.25, 0.3) is 0 Å². The van der Waals surface area contributed by atoms with Crippen LogP contribution in [0.2, 0.25) is 0 Å². The van der Waals surface area contributed by atoms with E-state index < -0.39 is 0 Å². The van der Waals surface area contributed by atoms with Gasteiger partial charge < -0.3 is 10.6 Å². The summed E-state index contributed by atoms with van der Waals surface area (Å²) in [5.41, 5.74) is 5.22. The molecule has 5 nitrogen and oxygen atoms in total. The molecule has 1 aliphatic heterocycles. The van der Waals surface area contributed by atoms with Crippen molar-refractivity contribution in [2.45, 2.75) is 32.6 Å². The lowest BCUT2D eigenvalue weighted by atomic mass is 9.95. The van der Waals surface area contributed by atoms with Gasteiger partial charge in [-0.2, -0.15) is 5.26 Å². The van der Waals surface area contributed by atoms with Crippen LogP contribution in [0.4, 0.5) is 5.69 Å². The number of pyridine rings is 2. The lowest BCUT2D eigenvalue weighted by molar-refractivity contribution is 0.353.